The van der Waals surface area contributed by atoms with Crippen LogP contribution in [0, 0.1) is 11.3 Å². The van der Waals surface area contributed by atoms with Gasteiger partial charge in [0.25, 0.3) is 0 Å². The molecular formula is C12H12Cl2O. The molecule has 0 saturated heterocycles. The molecule has 80 valence electrons. The van der Waals surface area contributed by atoms with E-state index in [1.807, 2.05) is 0 Å². The highest BCUT2D eigenvalue weighted by atomic mass is 35.5. The maximum atomic E-state index is 12.0. The van der Waals surface area contributed by atoms with Crippen LogP contribution in [0.1, 0.15) is 30.6 Å². The monoisotopic (exact) mass is 242 g/mol. The van der Waals surface area contributed by atoms with Crippen LogP contribution >= 0.6 is 23.2 Å². The summed E-state index contributed by atoms with van der Waals surface area (Å²) in [6, 6.07) is 5.07. The van der Waals surface area contributed by atoms with Crippen molar-refractivity contribution in [2.45, 2.75) is 20.3 Å². The number of hydrogen-bond acceptors (Lipinski definition) is 1. The van der Waals surface area contributed by atoms with Crippen molar-refractivity contribution >= 4 is 29.0 Å². The Bertz CT molecular complexity index is 424. The first-order valence-electron chi connectivity index (χ1n) is 4.91. The van der Waals surface area contributed by atoms with E-state index >= 15 is 0 Å². The van der Waals surface area contributed by atoms with Crippen LogP contribution in [0.2, 0.25) is 10.0 Å². The number of halogens is 2. The Kier molecular flexibility index (Phi) is 2.56. The molecule has 0 radical (unpaired) electrons. The summed E-state index contributed by atoms with van der Waals surface area (Å²) in [6.07, 6.45) is 0.964. The fourth-order valence-electron chi connectivity index (χ4n) is 1.77. The van der Waals surface area contributed by atoms with Crippen LogP contribution in [-0.2, 0) is 0 Å². The lowest BCUT2D eigenvalue weighted by Crippen LogP contribution is -2.06. The molecule has 1 atom stereocenters. The van der Waals surface area contributed by atoms with Crippen molar-refractivity contribution in [3.05, 3.63) is 33.8 Å². The second-order valence-electron chi connectivity index (χ2n) is 4.74. The average molecular weight is 243 g/mol. The Balaban J connectivity index is 2.24. The maximum absolute atomic E-state index is 12.0. The van der Waals surface area contributed by atoms with Crippen LogP contribution in [0.3, 0.4) is 0 Å². The Hall–Kier alpha value is -0.530. The molecule has 1 saturated carbocycles. The lowest BCUT2D eigenvalue weighted by atomic mass is 10.0. The summed E-state index contributed by atoms with van der Waals surface area (Å²) in [5, 5.41) is 0.934. The zero-order chi connectivity index (χ0) is 11.2. The lowest BCUT2D eigenvalue weighted by molar-refractivity contribution is 0.0953. The second-order valence-corrected chi connectivity index (χ2v) is 5.55. The van der Waals surface area contributed by atoms with Gasteiger partial charge in [0, 0.05) is 11.5 Å². The molecule has 1 nitrogen and oxygen atoms in total. The summed E-state index contributed by atoms with van der Waals surface area (Å²) >= 11 is 11.7. The van der Waals surface area contributed by atoms with Crippen LogP contribution in [0.25, 0.3) is 0 Å². The number of carbonyl (C=O) groups is 1. The SMILES string of the molecule is CC1(C)CC1C(=O)c1ccc(Cl)c(Cl)c1. The molecule has 0 bridgehead atoms. The molecule has 2 rings (SSSR count). The average Bonchev–Trinajstić information content (AvgIpc) is 2.79. The van der Waals surface area contributed by atoms with Gasteiger partial charge in [0.05, 0.1) is 10.0 Å². The molecule has 0 aromatic heterocycles. The van der Waals surface area contributed by atoms with Crippen molar-refractivity contribution in [2.75, 3.05) is 0 Å². The molecular weight excluding hydrogens is 231 g/mol. The van der Waals surface area contributed by atoms with Gasteiger partial charge in [-0.3, -0.25) is 4.79 Å². The first-order chi connectivity index (χ1) is 6.92. The standard InChI is InChI=1S/C12H12Cl2O/c1-12(2)6-8(12)11(15)7-3-4-9(13)10(14)5-7/h3-5,8H,6H2,1-2H3. The van der Waals surface area contributed by atoms with Gasteiger partial charge in [0.15, 0.2) is 5.78 Å². The number of rotatable bonds is 2. The number of benzene rings is 1. The van der Waals surface area contributed by atoms with Crippen molar-refractivity contribution < 1.29 is 4.79 Å². The van der Waals surface area contributed by atoms with Crippen LogP contribution in [0.4, 0.5) is 0 Å². The maximum Gasteiger partial charge on any atom is 0.166 e. The van der Waals surface area contributed by atoms with Gasteiger partial charge in [-0.15, -0.1) is 0 Å². The number of hydrogen-bond donors (Lipinski definition) is 0. The fourth-order valence-corrected chi connectivity index (χ4v) is 2.06. The van der Waals surface area contributed by atoms with E-state index in [4.69, 9.17) is 23.2 Å². The number of Topliss-reactive ketones (excluding diaryl/α,β-unsaturated/α-hetero) is 1. The molecule has 1 aromatic carbocycles. The molecule has 15 heavy (non-hydrogen) atoms. The molecule has 0 amide bonds. The van der Waals surface area contributed by atoms with Gasteiger partial charge in [0.2, 0.25) is 0 Å². The van der Waals surface area contributed by atoms with Crippen LogP contribution in [0.5, 0.6) is 0 Å². The minimum atomic E-state index is 0.148. The fraction of sp³-hybridized carbons (Fsp3) is 0.417. The van der Waals surface area contributed by atoms with E-state index in [1.54, 1.807) is 18.2 Å². The molecule has 1 aromatic rings. The molecule has 1 aliphatic carbocycles. The zero-order valence-corrected chi connectivity index (χ0v) is 10.2. The zero-order valence-electron chi connectivity index (χ0n) is 8.68. The molecule has 0 aliphatic heterocycles. The highest BCUT2D eigenvalue weighted by molar-refractivity contribution is 6.42. The molecule has 3 heteroatoms. The van der Waals surface area contributed by atoms with E-state index in [1.165, 1.54) is 0 Å². The Labute approximate surface area is 99.4 Å². The van der Waals surface area contributed by atoms with Crippen molar-refractivity contribution in [3.63, 3.8) is 0 Å². The summed E-state index contributed by atoms with van der Waals surface area (Å²) in [5.74, 6) is 0.327. The van der Waals surface area contributed by atoms with Gasteiger partial charge < -0.3 is 0 Å². The van der Waals surface area contributed by atoms with Gasteiger partial charge in [0.1, 0.15) is 0 Å². The van der Waals surface area contributed by atoms with E-state index in [2.05, 4.69) is 13.8 Å². The molecule has 0 spiro atoms. The van der Waals surface area contributed by atoms with Gasteiger partial charge in [-0.1, -0.05) is 37.0 Å². The topological polar surface area (TPSA) is 17.1 Å². The molecule has 1 unspecified atom stereocenters. The molecule has 0 heterocycles. The predicted molar refractivity (Wildman–Crippen MR) is 62.7 cm³/mol. The second kappa shape index (κ2) is 3.50. The quantitative estimate of drug-likeness (QED) is 0.710. The smallest absolute Gasteiger partial charge is 0.166 e. The van der Waals surface area contributed by atoms with Crippen molar-refractivity contribution in [1.29, 1.82) is 0 Å². The van der Waals surface area contributed by atoms with Crippen molar-refractivity contribution in [1.82, 2.24) is 0 Å². The highest BCUT2D eigenvalue weighted by Gasteiger charge is 2.50. The molecule has 1 fully saturated rings. The summed E-state index contributed by atoms with van der Waals surface area (Å²) in [4.78, 5) is 12.0. The predicted octanol–water partition coefficient (Wildman–Crippen LogP) is 4.22. The first-order valence-corrected chi connectivity index (χ1v) is 5.67. The molecule has 0 N–H and O–H groups in total. The largest absolute Gasteiger partial charge is 0.294 e. The van der Waals surface area contributed by atoms with E-state index < -0.39 is 0 Å². The Morgan fingerprint density at radius 1 is 1.33 bits per heavy atom. The highest BCUT2D eigenvalue weighted by Crippen LogP contribution is 2.53. The van der Waals surface area contributed by atoms with E-state index in [0.29, 0.717) is 15.6 Å². The normalized spacial score (nSPS) is 22.5. The van der Waals surface area contributed by atoms with Gasteiger partial charge in [-0.25, -0.2) is 0 Å². The van der Waals surface area contributed by atoms with E-state index in [0.717, 1.165) is 6.42 Å². The molecule has 1 aliphatic rings. The lowest BCUT2D eigenvalue weighted by Gasteiger charge is -2.04. The van der Waals surface area contributed by atoms with Crippen LogP contribution < -0.4 is 0 Å². The van der Waals surface area contributed by atoms with Gasteiger partial charge in [-0.05, 0) is 30.0 Å². The van der Waals surface area contributed by atoms with Gasteiger partial charge >= 0.3 is 0 Å². The number of carbonyl (C=O) groups excluding carboxylic acids is 1. The summed E-state index contributed by atoms with van der Waals surface area (Å²) in [7, 11) is 0. The minimum absolute atomic E-state index is 0.148. The first kappa shape index (κ1) is 11.0. The van der Waals surface area contributed by atoms with Crippen molar-refractivity contribution in [3.8, 4) is 0 Å². The summed E-state index contributed by atoms with van der Waals surface area (Å²) in [5.41, 5.74) is 0.823. The third-order valence-corrected chi connectivity index (χ3v) is 3.77. The summed E-state index contributed by atoms with van der Waals surface area (Å²) < 4.78 is 0. The Morgan fingerprint density at radius 3 is 2.40 bits per heavy atom. The van der Waals surface area contributed by atoms with Crippen LogP contribution in [-0.4, -0.2) is 5.78 Å². The van der Waals surface area contributed by atoms with E-state index in [9.17, 15) is 4.79 Å². The third-order valence-electron chi connectivity index (χ3n) is 3.03. The third kappa shape index (κ3) is 2.04. The van der Waals surface area contributed by atoms with E-state index in [-0.39, 0.29) is 17.1 Å². The Morgan fingerprint density at radius 2 is 1.93 bits per heavy atom. The van der Waals surface area contributed by atoms with Crippen molar-refractivity contribution in [2.24, 2.45) is 11.3 Å². The number of ketones is 1. The van der Waals surface area contributed by atoms with Gasteiger partial charge in [-0.2, -0.15) is 0 Å². The minimum Gasteiger partial charge on any atom is -0.294 e. The summed E-state index contributed by atoms with van der Waals surface area (Å²) in [6.45, 7) is 4.21. The van der Waals surface area contributed by atoms with Crippen LogP contribution in [0.15, 0.2) is 18.2 Å².